The average Bonchev–Trinajstić information content (AvgIpc) is 3.20. The summed E-state index contributed by atoms with van der Waals surface area (Å²) >= 11 is 7.48. The normalized spacial score (nSPS) is 11.0. The molecule has 0 bridgehead atoms. The van der Waals surface area contributed by atoms with Gasteiger partial charge in [0.2, 0.25) is 0 Å². The molecule has 0 N–H and O–H groups in total. The number of allylic oxidation sites excluding steroid dienone is 1. The van der Waals surface area contributed by atoms with E-state index in [4.69, 9.17) is 21.1 Å². The van der Waals surface area contributed by atoms with Crippen molar-refractivity contribution in [2.45, 2.75) is 26.4 Å². The minimum atomic E-state index is 0.0205. The average molecular weight is 427 g/mol. The number of hydrogen-bond donors (Lipinski definition) is 0. The molecule has 0 saturated carbocycles. The Kier molecular flexibility index (Phi) is 7.50. The van der Waals surface area contributed by atoms with Crippen LogP contribution in [-0.4, -0.2) is 12.9 Å². The molecule has 29 heavy (non-hydrogen) atoms. The second kappa shape index (κ2) is 10.3. The predicted octanol–water partition coefficient (Wildman–Crippen LogP) is 6.84. The number of rotatable bonds is 9. The van der Waals surface area contributed by atoms with Gasteiger partial charge in [-0.25, -0.2) is 0 Å². The molecule has 0 radical (unpaired) electrons. The molecule has 0 spiro atoms. The van der Waals surface area contributed by atoms with Crippen LogP contribution in [0.3, 0.4) is 0 Å². The largest absolute Gasteiger partial charge is 0.496 e. The molecular formula is C24H23ClO3S. The van der Waals surface area contributed by atoms with Crippen LogP contribution in [0.25, 0.3) is 6.08 Å². The summed E-state index contributed by atoms with van der Waals surface area (Å²) in [6.45, 7) is 2.49. The van der Waals surface area contributed by atoms with Crippen molar-refractivity contribution < 1.29 is 14.3 Å². The van der Waals surface area contributed by atoms with E-state index in [1.807, 2.05) is 48.5 Å². The van der Waals surface area contributed by atoms with Crippen molar-refractivity contribution in [1.82, 2.24) is 0 Å². The Hall–Kier alpha value is -2.56. The molecule has 0 aliphatic rings. The lowest BCUT2D eigenvalue weighted by molar-refractivity contribution is 0.105. The first-order valence-corrected chi connectivity index (χ1v) is 10.6. The summed E-state index contributed by atoms with van der Waals surface area (Å²) in [5, 5.41) is 0.666. The van der Waals surface area contributed by atoms with Crippen LogP contribution in [0, 0.1) is 0 Å². The van der Waals surface area contributed by atoms with E-state index in [0.717, 1.165) is 40.3 Å². The molecule has 0 fully saturated rings. The van der Waals surface area contributed by atoms with Crippen molar-refractivity contribution in [3.63, 3.8) is 0 Å². The molecule has 2 aromatic carbocycles. The highest BCUT2D eigenvalue weighted by molar-refractivity contribution is 7.14. The van der Waals surface area contributed by atoms with Gasteiger partial charge in [-0.3, -0.25) is 4.79 Å². The summed E-state index contributed by atoms with van der Waals surface area (Å²) in [4.78, 5) is 14.5. The summed E-state index contributed by atoms with van der Waals surface area (Å²) in [5.41, 5.74) is 1.82. The Labute approximate surface area is 180 Å². The van der Waals surface area contributed by atoms with Crippen molar-refractivity contribution in [1.29, 1.82) is 0 Å². The summed E-state index contributed by atoms with van der Waals surface area (Å²) in [6.07, 6.45) is 5.54. The quantitative estimate of drug-likeness (QED) is 0.277. The van der Waals surface area contributed by atoms with E-state index in [1.165, 1.54) is 4.88 Å². The van der Waals surface area contributed by atoms with Gasteiger partial charge >= 0.3 is 0 Å². The molecule has 0 amide bonds. The summed E-state index contributed by atoms with van der Waals surface area (Å²) < 4.78 is 11.3. The highest BCUT2D eigenvalue weighted by atomic mass is 35.5. The maximum atomic E-state index is 12.4. The number of carbonyl (C=O) groups excluding carboxylic acids is 1. The van der Waals surface area contributed by atoms with E-state index in [-0.39, 0.29) is 5.78 Å². The number of ketones is 1. The minimum Gasteiger partial charge on any atom is -0.496 e. The van der Waals surface area contributed by atoms with Gasteiger partial charge in [0, 0.05) is 15.5 Å². The molecule has 0 unspecified atom stereocenters. The predicted molar refractivity (Wildman–Crippen MR) is 120 cm³/mol. The number of aryl methyl sites for hydroxylation is 1. The van der Waals surface area contributed by atoms with Gasteiger partial charge in [-0.15, -0.1) is 11.3 Å². The molecule has 3 rings (SSSR count). The molecule has 150 valence electrons. The Morgan fingerprint density at radius 1 is 1.10 bits per heavy atom. The number of ether oxygens (including phenoxy) is 2. The molecule has 3 nitrogen and oxygen atoms in total. The standard InChI is InChI=1S/C24H23ClO3S/c1-3-4-21-11-14-24(29-21)22(26)12-5-17-6-13-23(27-2)18(15-17)16-28-20-9-7-19(25)8-10-20/h5-15H,3-4,16H2,1-2H3/b12-5+. The highest BCUT2D eigenvalue weighted by Crippen LogP contribution is 2.24. The first-order valence-electron chi connectivity index (χ1n) is 9.45. The lowest BCUT2D eigenvalue weighted by Gasteiger charge is -2.11. The maximum absolute atomic E-state index is 12.4. The Balaban J connectivity index is 1.70. The fourth-order valence-electron chi connectivity index (χ4n) is 2.85. The zero-order valence-corrected chi connectivity index (χ0v) is 18.1. The molecule has 1 heterocycles. The molecule has 3 aromatic rings. The maximum Gasteiger partial charge on any atom is 0.195 e. The third kappa shape index (κ3) is 5.96. The van der Waals surface area contributed by atoms with Gasteiger partial charge in [-0.1, -0.05) is 37.1 Å². The van der Waals surface area contributed by atoms with E-state index >= 15 is 0 Å². The van der Waals surface area contributed by atoms with Crippen molar-refractivity contribution in [3.05, 3.63) is 86.6 Å². The fourth-order valence-corrected chi connectivity index (χ4v) is 4.01. The topological polar surface area (TPSA) is 35.5 Å². The van der Waals surface area contributed by atoms with E-state index < -0.39 is 0 Å². The first kappa shape index (κ1) is 21.2. The SMILES string of the molecule is CCCc1ccc(C(=O)/C=C/c2ccc(OC)c(COc3ccc(Cl)cc3)c2)s1. The first-order chi connectivity index (χ1) is 14.1. The van der Waals surface area contributed by atoms with Crippen LogP contribution in [0.2, 0.25) is 5.02 Å². The third-order valence-corrected chi connectivity index (χ3v) is 5.75. The Bertz CT molecular complexity index is 990. The van der Waals surface area contributed by atoms with Gasteiger partial charge in [0.15, 0.2) is 5.78 Å². The van der Waals surface area contributed by atoms with Crippen molar-refractivity contribution in [2.75, 3.05) is 7.11 Å². The molecular weight excluding hydrogens is 404 g/mol. The third-order valence-electron chi connectivity index (χ3n) is 4.34. The highest BCUT2D eigenvalue weighted by Gasteiger charge is 2.08. The zero-order chi connectivity index (χ0) is 20.6. The number of benzene rings is 2. The molecule has 5 heteroatoms. The fraction of sp³-hybridized carbons (Fsp3) is 0.208. The van der Waals surface area contributed by atoms with Gasteiger partial charge in [0.25, 0.3) is 0 Å². The van der Waals surface area contributed by atoms with Gasteiger partial charge < -0.3 is 9.47 Å². The Morgan fingerprint density at radius 2 is 1.90 bits per heavy atom. The minimum absolute atomic E-state index is 0.0205. The van der Waals surface area contributed by atoms with Crippen molar-refractivity contribution in [2.24, 2.45) is 0 Å². The van der Waals surface area contributed by atoms with Crippen LogP contribution in [0.1, 0.15) is 39.0 Å². The number of methoxy groups -OCH3 is 1. The van der Waals surface area contributed by atoms with Gasteiger partial charge in [-0.05, 0) is 66.6 Å². The van der Waals surface area contributed by atoms with Crippen molar-refractivity contribution in [3.8, 4) is 11.5 Å². The second-order valence-corrected chi connectivity index (χ2v) is 8.13. The zero-order valence-electron chi connectivity index (χ0n) is 16.5. The van der Waals surface area contributed by atoms with Crippen LogP contribution in [0.5, 0.6) is 11.5 Å². The monoisotopic (exact) mass is 426 g/mol. The van der Waals surface area contributed by atoms with Gasteiger partial charge in [-0.2, -0.15) is 0 Å². The number of halogens is 1. The van der Waals surface area contributed by atoms with E-state index in [1.54, 1.807) is 36.7 Å². The summed E-state index contributed by atoms with van der Waals surface area (Å²) in [5.74, 6) is 1.49. The lowest BCUT2D eigenvalue weighted by Crippen LogP contribution is -1.99. The van der Waals surface area contributed by atoms with E-state index in [2.05, 4.69) is 6.92 Å². The van der Waals surface area contributed by atoms with Crippen LogP contribution < -0.4 is 9.47 Å². The van der Waals surface area contributed by atoms with Crippen molar-refractivity contribution >= 4 is 34.8 Å². The van der Waals surface area contributed by atoms with E-state index in [0.29, 0.717) is 11.6 Å². The summed E-state index contributed by atoms with van der Waals surface area (Å²) in [7, 11) is 1.63. The smallest absolute Gasteiger partial charge is 0.195 e. The Morgan fingerprint density at radius 3 is 2.62 bits per heavy atom. The van der Waals surface area contributed by atoms with Crippen LogP contribution in [-0.2, 0) is 13.0 Å². The second-order valence-electron chi connectivity index (χ2n) is 6.53. The number of hydrogen-bond acceptors (Lipinski definition) is 4. The van der Waals surface area contributed by atoms with Crippen LogP contribution in [0.4, 0.5) is 0 Å². The number of carbonyl (C=O) groups is 1. The van der Waals surface area contributed by atoms with Crippen LogP contribution >= 0.6 is 22.9 Å². The van der Waals surface area contributed by atoms with Gasteiger partial charge in [0.1, 0.15) is 18.1 Å². The summed E-state index contributed by atoms with van der Waals surface area (Å²) in [6, 6.07) is 16.9. The molecule has 0 aliphatic heterocycles. The molecule has 1 aromatic heterocycles. The van der Waals surface area contributed by atoms with Gasteiger partial charge in [0.05, 0.1) is 12.0 Å². The number of thiophene rings is 1. The molecule has 0 saturated heterocycles. The molecule has 0 atom stereocenters. The lowest BCUT2D eigenvalue weighted by atomic mass is 10.1. The van der Waals surface area contributed by atoms with Crippen LogP contribution in [0.15, 0.2) is 60.7 Å². The molecule has 0 aliphatic carbocycles. The van der Waals surface area contributed by atoms with E-state index in [9.17, 15) is 4.79 Å².